The van der Waals surface area contributed by atoms with Gasteiger partial charge in [0, 0.05) is 29.4 Å². The number of hydrogen-bond acceptors (Lipinski definition) is 8. The predicted octanol–water partition coefficient (Wildman–Crippen LogP) is 6.72. The van der Waals surface area contributed by atoms with E-state index in [1.807, 2.05) is 48.5 Å². The van der Waals surface area contributed by atoms with E-state index in [2.05, 4.69) is 9.64 Å². The summed E-state index contributed by atoms with van der Waals surface area (Å²) in [5.74, 6) is 0.00236. The highest BCUT2D eigenvalue weighted by molar-refractivity contribution is 7.99. The average molecular weight is 630 g/mol. The third kappa shape index (κ3) is 8.53. The highest BCUT2D eigenvalue weighted by Gasteiger charge is 2.31. The fourth-order valence-corrected chi connectivity index (χ4v) is 6.46. The maximum absolute atomic E-state index is 13.0. The molecular formula is C31H26F3NO6S2. The number of carbonyl (C=O) groups excluding carboxylic acids is 1. The van der Waals surface area contributed by atoms with E-state index >= 15 is 0 Å². The molecule has 1 heterocycles. The lowest BCUT2D eigenvalue weighted by Crippen LogP contribution is -2.22. The third-order valence-corrected chi connectivity index (χ3v) is 9.15. The van der Waals surface area contributed by atoms with Gasteiger partial charge in [0.05, 0.1) is 4.90 Å². The first-order chi connectivity index (χ1) is 20.5. The zero-order valence-electron chi connectivity index (χ0n) is 22.6. The molecule has 12 heteroatoms. The summed E-state index contributed by atoms with van der Waals surface area (Å²) in [6, 6.07) is 26.3. The first-order valence-electron chi connectivity index (χ1n) is 13.0. The minimum absolute atomic E-state index is 0.0254. The molecule has 5 rings (SSSR count). The molecule has 0 aliphatic carbocycles. The number of ketones is 1. The molecule has 0 saturated carbocycles. The fraction of sp³-hybridized carbons (Fsp3) is 0.194. The summed E-state index contributed by atoms with van der Waals surface area (Å²) in [6.07, 6.45) is -4.87. The number of Topliss-reactive ketones (excluding diaryl/α,β-unsaturated/α-hetero) is 1. The number of carbonyl (C=O) groups is 1. The third-order valence-electron chi connectivity index (χ3n) is 6.42. The van der Waals surface area contributed by atoms with Gasteiger partial charge in [-0.05, 0) is 71.8 Å². The lowest BCUT2D eigenvalue weighted by molar-refractivity contribution is -0.274. The Bertz CT molecular complexity index is 1660. The number of hydrogen-bond donors (Lipinski definition) is 0. The molecule has 0 radical (unpaired) electrons. The second-order valence-electron chi connectivity index (χ2n) is 9.66. The quantitative estimate of drug-likeness (QED) is 0.0971. The first-order valence-corrected chi connectivity index (χ1v) is 15.7. The molecular weight excluding hydrogens is 603 g/mol. The van der Waals surface area contributed by atoms with Gasteiger partial charge in [-0.1, -0.05) is 36.4 Å². The molecule has 0 spiro atoms. The number of thioether (sulfide) groups is 1. The van der Waals surface area contributed by atoms with Crippen molar-refractivity contribution in [2.45, 2.75) is 29.2 Å². The summed E-state index contributed by atoms with van der Waals surface area (Å²) in [5.41, 5.74) is 1.87. The number of sulfone groups is 1. The van der Waals surface area contributed by atoms with E-state index in [4.69, 9.17) is 9.47 Å². The second kappa shape index (κ2) is 13.1. The lowest BCUT2D eigenvalue weighted by atomic mass is 10.1. The summed E-state index contributed by atoms with van der Waals surface area (Å²) < 4.78 is 77.8. The van der Waals surface area contributed by atoms with Crippen LogP contribution in [0.4, 0.5) is 13.2 Å². The van der Waals surface area contributed by atoms with Crippen molar-refractivity contribution in [3.8, 4) is 17.2 Å². The molecule has 0 unspecified atom stereocenters. The lowest BCUT2D eigenvalue weighted by Gasteiger charge is -2.22. The minimum atomic E-state index is -4.87. The predicted molar refractivity (Wildman–Crippen MR) is 155 cm³/mol. The molecule has 4 aromatic rings. The Kier molecular flexibility index (Phi) is 9.28. The van der Waals surface area contributed by atoms with Crippen molar-refractivity contribution in [2.24, 2.45) is 0 Å². The summed E-state index contributed by atoms with van der Waals surface area (Å²) in [4.78, 5) is 15.9. The largest absolute Gasteiger partial charge is 0.573 e. The number of ether oxygens (including phenoxy) is 3. The standard InChI is InChI=1S/C31H26F3NO6S2/c32-31(33,34)41-25-11-9-24(10-12-25)28(36)19-43(37,38)27-13-6-22(7-14-27)17-35(20-42-26-4-2-1-3-5-26)18-23-8-15-29-30(16-23)40-21-39-29/h1-16H,17-21H2. The van der Waals surface area contributed by atoms with Crippen LogP contribution in [0.25, 0.3) is 0 Å². The van der Waals surface area contributed by atoms with Crippen LogP contribution in [0.5, 0.6) is 17.2 Å². The number of alkyl halides is 3. The molecule has 1 aliphatic heterocycles. The molecule has 0 aromatic heterocycles. The Hall–Kier alpha value is -4.00. The molecule has 0 saturated heterocycles. The maximum atomic E-state index is 13.0. The van der Waals surface area contributed by atoms with Gasteiger partial charge in [0.2, 0.25) is 6.79 Å². The molecule has 0 bridgehead atoms. The monoisotopic (exact) mass is 629 g/mol. The normalized spacial score (nSPS) is 12.8. The van der Waals surface area contributed by atoms with Crippen molar-refractivity contribution < 1.29 is 40.6 Å². The van der Waals surface area contributed by atoms with Crippen molar-refractivity contribution in [3.05, 3.63) is 114 Å². The summed E-state index contributed by atoms with van der Waals surface area (Å²) in [6.45, 7) is 1.33. The van der Waals surface area contributed by atoms with Crippen LogP contribution in [0.2, 0.25) is 0 Å². The highest BCUT2D eigenvalue weighted by atomic mass is 32.2. The molecule has 43 heavy (non-hydrogen) atoms. The highest BCUT2D eigenvalue weighted by Crippen LogP contribution is 2.33. The van der Waals surface area contributed by atoms with Crippen molar-refractivity contribution in [1.82, 2.24) is 4.90 Å². The first kappa shape index (κ1) is 30.5. The van der Waals surface area contributed by atoms with Gasteiger partial charge in [-0.2, -0.15) is 0 Å². The SMILES string of the molecule is O=C(CS(=O)(=O)c1ccc(CN(CSc2ccccc2)Cc2ccc3c(c2)OCO3)cc1)c1ccc(OC(F)(F)F)cc1. The Balaban J connectivity index is 1.25. The molecule has 4 aromatic carbocycles. The zero-order chi connectivity index (χ0) is 30.5. The number of nitrogens with zero attached hydrogens (tertiary/aromatic N) is 1. The van der Waals surface area contributed by atoms with E-state index in [1.54, 1.807) is 23.9 Å². The average Bonchev–Trinajstić information content (AvgIpc) is 3.44. The Morgan fingerprint density at radius 1 is 0.837 bits per heavy atom. The van der Waals surface area contributed by atoms with E-state index in [1.165, 1.54) is 12.1 Å². The minimum Gasteiger partial charge on any atom is -0.454 e. The van der Waals surface area contributed by atoms with Crippen LogP contribution in [0, 0.1) is 0 Å². The van der Waals surface area contributed by atoms with Crippen molar-refractivity contribution >= 4 is 27.4 Å². The van der Waals surface area contributed by atoms with Crippen molar-refractivity contribution in [2.75, 3.05) is 18.4 Å². The zero-order valence-corrected chi connectivity index (χ0v) is 24.3. The smallest absolute Gasteiger partial charge is 0.454 e. The van der Waals surface area contributed by atoms with Crippen LogP contribution in [0.1, 0.15) is 21.5 Å². The fourth-order valence-electron chi connectivity index (χ4n) is 4.37. The molecule has 7 nitrogen and oxygen atoms in total. The van der Waals surface area contributed by atoms with E-state index in [0.717, 1.165) is 40.3 Å². The van der Waals surface area contributed by atoms with E-state index in [9.17, 15) is 26.4 Å². The van der Waals surface area contributed by atoms with Crippen LogP contribution in [-0.2, 0) is 22.9 Å². The molecule has 0 N–H and O–H groups in total. The van der Waals surface area contributed by atoms with Gasteiger partial charge in [0.25, 0.3) is 0 Å². The van der Waals surface area contributed by atoms with Crippen molar-refractivity contribution in [1.29, 1.82) is 0 Å². The van der Waals surface area contributed by atoms with Gasteiger partial charge < -0.3 is 14.2 Å². The van der Waals surface area contributed by atoms with Crippen LogP contribution >= 0.6 is 11.8 Å². The number of halogens is 3. The number of fused-ring (bicyclic) bond motifs is 1. The van der Waals surface area contributed by atoms with Gasteiger partial charge >= 0.3 is 6.36 Å². The number of rotatable bonds is 12. The molecule has 224 valence electrons. The summed E-state index contributed by atoms with van der Waals surface area (Å²) >= 11 is 1.68. The van der Waals surface area contributed by atoms with Crippen LogP contribution < -0.4 is 14.2 Å². The van der Waals surface area contributed by atoms with Gasteiger partial charge in [0.15, 0.2) is 27.1 Å². The van der Waals surface area contributed by atoms with Gasteiger partial charge in [0.1, 0.15) is 11.5 Å². The number of benzene rings is 4. The molecule has 0 atom stereocenters. The van der Waals surface area contributed by atoms with Crippen LogP contribution in [0.15, 0.2) is 107 Å². The van der Waals surface area contributed by atoms with E-state index in [-0.39, 0.29) is 17.3 Å². The Labute approximate surface area is 251 Å². The van der Waals surface area contributed by atoms with Gasteiger partial charge in [-0.15, -0.1) is 24.9 Å². The van der Waals surface area contributed by atoms with Gasteiger partial charge in [-0.3, -0.25) is 9.69 Å². The Morgan fingerprint density at radius 3 is 2.19 bits per heavy atom. The summed E-state index contributed by atoms with van der Waals surface area (Å²) in [7, 11) is -4.00. The van der Waals surface area contributed by atoms with Crippen LogP contribution in [-0.4, -0.2) is 43.9 Å². The summed E-state index contributed by atoms with van der Waals surface area (Å²) in [5, 5.41) is 0. The van der Waals surface area contributed by atoms with Gasteiger partial charge in [-0.25, -0.2) is 8.42 Å². The molecule has 1 aliphatic rings. The van der Waals surface area contributed by atoms with Crippen molar-refractivity contribution in [3.63, 3.8) is 0 Å². The van der Waals surface area contributed by atoms with E-state index < -0.39 is 33.5 Å². The molecule has 0 fully saturated rings. The Morgan fingerprint density at radius 2 is 1.49 bits per heavy atom. The topological polar surface area (TPSA) is 82.1 Å². The maximum Gasteiger partial charge on any atom is 0.573 e. The van der Waals surface area contributed by atoms with Crippen LogP contribution in [0.3, 0.4) is 0 Å². The van der Waals surface area contributed by atoms with E-state index in [0.29, 0.717) is 30.5 Å². The second-order valence-corrected chi connectivity index (χ2v) is 12.7. The molecule has 0 amide bonds.